The number of halogens is 1. The van der Waals surface area contributed by atoms with Gasteiger partial charge in [-0.1, -0.05) is 17.7 Å². The van der Waals surface area contributed by atoms with Crippen molar-refractivity contribution in [2.45, 2.75) is 19.8 Å². The second-order valence-electron chi connectivity index (χ2n) is 5.33. The molecule has 1 aliphatic heterocycles. The molecule has 1 saturated heterocycles. The van der Waals surface area contributed by atoms with Crippen molar-refractivity contribution in [2.75, 3.05) is 25.0 Å². The van der Waals surface area contributed by atoms with Crippen LogP contribution in [0.15, 0.2) is 18.2 Å². The molecule has 0 saturated carbocycles. The Hall–Kier alpha value is -1.75. The van der Waals surface area contributed by atoms with Crippen molar-refractivity contribution in [3.63, 3.8) is 0 Å². The molecule has 21 heavy (non-hydrogen) atoms. The van der Waals surface area contributed by atoms with Gasteiger partial charge in [0.25, 0.3) is 0 Å². The van der Waals surface area contributed by atoms with Crippen LogP contribution in [0.1, 0.15) is 18.4 Å². The van der Waals surface area contributed by atoms with Crippen LogP contribution in [0.4, 0.5) is 5.69 Å². The fourth-order valence-corrected chi connectivity index (χ4v) is 2.62. The number of carboxylic acid groups (broad SMARTS) is 1. The van der Waals surface area contributed by atoms with E-state index in [-0.39, 0.29) is 18.4 Å². The van der Waals surface area contributed by atoms with Crippen LogP contribution in [0.3, 0.4) is 0 Å². The number of amides is 1. The molecule has 6 heteroatoms. The highest BCUT2D eigenvalue weighted by molar-refractivity contribution is 6.33. The molecule has 2 N–H and O–H groups in total. The Morgan fingerprint density at radius 1 is 1.38 bits per heavy atom. The standard InChI is InChI=1S/C15H19ClN2O3/c1-10-2-3-12(16)13(8-10)17-9-14(19)18-6-4-11(5-7-18)15(20)21/h2-3,8,11,17H,4-7,9H2,1H3,(H,20,21). The third-order valence-electron chi connectivity index (χ3n) is 3.75. The summed E-state index contributed by atoms with van der Waals surface area (Å²) >= 11 is 6.07. The van der Waals surface area contributed by atoms with E-state index >= 15 is 0 Å². The second-order valence-corrected chi connectivity index (χ2v) is 5.74. The monoisotopic (exact) mass is 310 g/mol. The number of nitrogens with one attached hydrogen (secondary N) is 1. The maximum atomic E-state index is 12.1. The predicted molar refractivity (Wildman–Crippen MR) is 81.6 cm³/mol. The van der Waals surface area contributed by atoms with Gasteiger partial charge in [0, 0.05) is 13.1 Å². The first-order valence-corrected chi connectivity index (χ1v) is 7.36. The van der Waals surface area contributed by atoms with Gasteiger partial charge in [-0.05, 0) is 37.5 Å². The van der Waals surface area contributed by atoms with Crippen molar-refractivity contribution in [1.29, 1.82) is 0 Å². The Kier molecular flexibility index (Phi) is 5.07. The van der Waals surface area contributed by atoms with Crippen LogP contribution >= 0.6 is 11.6 Å². The van der Waals surface area contributed by atoms with Crippen molar-refractivity contribution in [2.24, 2.45) is 5.92 Å². The van der Waals surface area contributed by atoms with E-state index in [1.807, 2.05) is 19.1 Å². The number of aliphatic carboxylic acids is 1. The quantitative estimate of drug-likeness (QED) is 0.896. The lowest BCUT2D eigenvalue weighted by Gasteiger charge is -2.30. The number of carbonyl (C=O) groups is 2. The molecule has 0 aliphatic carbocycles. The number of anilines is 1. The molecule has 2 rings (SSSR count). The molecule has 5 nitrogen and oxygen atoms in total. The summed E-state index contributed by atoms with van der Waals surface area (Å²) in [7, 11) is 0. The number of likely N-dealkylation sites (tertiary alicyclic amines) is 1. The first kappa shape index (κ1) is 15.6. The summed E-state index contributed by atoms with van der Waals surface area (Å²) in [6.07, 6.45) is 1.04. The smallest absolute Gasteiger partial charge is 0.306 e. The van der Waals surface area contributed by atoms with Gasteiger partial charge in [-0.25, -0.2) is 0 Å². The summed E-state index contributed by atoms with van der Waals surface area (Å²) in [5, 5.41) is 12.6. The predicted octanol–water partition coefficient (Wildman–Crippen LogP) is 2.38. The molecular weight excluding hydrogens is 292 g/mol. The average molecular weight is 311 g/mol. The molecule has 114 valence electrons. The Labute approximate surface area is 128 Å². The van der Waals surface area contributed by atoms with Gasteiger partial charge in [-0.3, -0.25) is 9.59 Å². The van der Waals surface area contributed by atoms with Gasteiger partial charge in [-0.2, -0.15) is 0 Å². The maximum absolute atomic E-state index is 12.1. The zero-order valence-electron chi connectivity index (χ0n) is 11.9. The van der Waals surface area contributed by atoms with Crippen molar-refractivity contribution < 1.29 is 14.7 Å². The first-order chi connectivity index (χ1) is 9.97. The van der Waals surface area contributed by atoms with E-state index in [4.69, 9.17) is 16.7 Å². The molecule has 1 amide bonds. The lowest BCUT2D eigenvalue weighted by molar-refractivity contribution is -0.145. The molecule has 0 radical (unpaired) electrons. The largest absolute Gasteiger partial charge is 0.481 e. The molecule has 1 aromatic rings. The van der Waals surface area contributed by atoms with Crippen LogP contribution < -0.4 is 5.32 Å². The van der Waals surface area contributed by atoms with Crippen molar-refractivity contribution in [1.82, 2.24) is 4.90 Å². The van der Waals surface area contributed by atoms with E-state index in [1.165, 1.54) is 0 Å². The number of hydrogen-bond donors (Lipinski definition) is 2. The molecule has 1 heterocycles. The molecule has 1 aliphatic rings. The first-order valence-electron chi connectivity index (χ1n) is 6.98. The maximum Gasteiger partial charge on any atom is 0.306 e. The van der Waals surface area contributed by atoms with Crippen molar-refractivity contribution >= 4 is 29.2 Å². The van der Waals surface area contributed by atoms with Crippen LogP contribution in [0.25, 0.3) is 0 Å². The zero-order chi connectivity index (χ0) is 15.4. The van der Waals surface area contributed by atoms with Gasteiger partial charge >= 0.3 is 5.97 Å². The van der Waals surface area contributed by atoms with E-state index in [9.17, 15) is 9.59 Å². The molecule has 1 fully saturated rings. The van der Waals surface area contributed by atoms with E-state index in [2.05, 4.69) is 5.32 Å². The molecule has 0 spiro atoms. The third kappa shape index (κ3) is 4.11. The number of nitrogens with zero attached hydrogens (tertiary/aromatic N) is 1. The van der Waals surface area contributed by atoms with Crippen LogP contribution in [0.2, 0.25) is 5.02 Å². The lowest BCUT2D eigenvalue weighted by atomic mass is 9.97. The number of piperidine rings is 1. The Balaban J connectivity index is 1.85. The third-order valence-corrected chi connectivity index (χ3v) is 4.08. The van der Waals surface area contributed by atoms with E-state index in [0.717, 1.165) is 11.3 Å². The summed E-state index contributed by atoms with van der Waals surface area (Å²) in [5.41, 5.74) is 1.81. The number of rotatable bonds is 4. The van der Waals surface area contributed by atoms with Crippen molar-refractivity contribution in [3.8, 4) is 0 Å². The second kappa shape index (κ2) is 6.80. The summed E-state index contributed by atoms with van der Waals surface area (Å²) < 4.78 is 0. The van der Waals surface area contributed by atoms with E-state index in [1.54, 1.807) is 11.0 Å². The fourth-order valence-electron chi connectivity index (χ4n) is 2.43. The topological polar surface area (TPSA) is 69.6 Å². The fraction of sp³-hybridized carbons (Fsp3) is 0.467. The molecule has 0 bridgehead atoms. The van der Waals surface area contributed by atoms with Gasteiger partial charge in [0.05, 0.1) is 23.2 Å². The minimum atomic E-state index is -0.772. The summed E-state index contributed by atoms with van der Waals surface area (Å²) in [5.74, 6) is -1.13. The van der Waals surface area contributed by atoms with Crippen LogP contribution in [0.5, 0.6) is 0 Å². The van der Waals surface area contributed by atoms with Gasteiger partial charge in [0.15, 0.2) is 0 Å². The number of carbonyl (C=O) groups excluding carboxylic acids is 1. The lowest BCUT2D eigenvalue weighted by Crippen LogP contribution is -2.42. The number of hydrogen-bond acceptors (Lipinski definition) is 3. The molecule has 0 atom stereocenters. The van der Waals surface area contributed by atoms with Gasteiger partial charge < -0.3 is 15.3 Å². The van der Waals surface area contributed by atoms with Gasteiger partial charge in [0.2, 0.25) is 5.91 Å². The van der Waals surface area contributed by atoms with E-state index < -0.39 is 5.97 Å². The minimum Gasteiger partial charge on any atom is -0.481 e. The summed E-state index contributed by atoms with van der Waals surface area (Å²) in [6.45, 7) is 3.12. The molecule has 0 unspecified atom stereocenters. The van der Waals surface area contributed by atoms with Crippen LogP contribution in [0, 0.1) is 12.8 Å². The molecular formula is C15H19ClN2O3. The SMILES string of the molecule is Cc1ccc(Cl)c(NCC(=O)N2CCC(C(=O)O)CC2)c1. The van der Waals surface area contributed by atoms with E-state index in [0.29, 0.717) is 31.0 Å². The average Bonchev–Trinajstić information content (AvgIpc) is 2.48. The number of benzene rings is 1. The Morgan fingerprint density at radius 3 is 2.67 bits per heavy atom. The van der Waals surface area contributed by atoms with Gasteiger partial charge in [-0.15, -0.1) is 0 Å². The Bertz CT molecular complexity index is 540. The number of carboxylic acids is 1. The zero-order valence-corrected chi connectivity index (χ0v) is 12.7. The molecule has 0 aromatic heterocycles. The molecule has 1 aromatic carbocycles. The minimum absolute atomic E-state index is 0.0311. The Morgan fingerprint density at radius 2 is 2.05 bits per heavy atom. The highest BCUT2D eigenvalue weighted by Gasteiger charge is 2.26. The highest BCUT2D eigenvalue weighted by Crippen LogP contribution is 2.23. The summed E-state index contributed by atoms with van der Waals surface area (Å²) in [4.78, 5) is 24.7. The van der Waals surface area contributed by atoms with Crippen LogP contribution in [-0.2, 0) is 9.59 Å². The highest BCUT2D eigenvalue weighted by atomic mass is 35.5. The van der Waals surface area contributed by atoms with Gasteiger partial charge in [0.1, 0.15) is 0 Å². The summed E-state index contributed by atoms with van der Waals surface area (Å²) in [6, 6.07) is 5.60. The van der Waals surface area contributed by atoms with Crippen molar-refractivity contribution in [3.05, 3.63) is 28.8 Å². The van der Waals surface area contributed by atoms with Crippen LogP contribution in [-0.4, -0.2) is 41.5 Å². The number of aryl methyl sites for hydroxylation is 1. The normalized spacial score (nSPS) is 15.8.